The molecular weight excluding hydrogens is 178 g/mol. The van der Waals surface area contributed by atoms with E-state index in [0.29, 0.717) is 5.56 Å². The Bertz CT molecular complexity index is 379. The fourth-order valence-electron chi connectivity index (χ4n) is 0.784. The van der Waals surface area contributed by atoms with Crippen LogP contribution in [0.25, 0.3) is 6.20 Å². The third-order valence-corrected chi connectivity index (χ3v) is 1.95. The molecule has 0 saturated carbocycles. The Kier molecular flexibility index (Phi) is 2.30. The van der Waals surface area contributed by atoms with Crippen molar-refractivity contribution < 1.29 is 8.42 Å². The molecule has 0 bridgehead atoms. The van der Waals surface area contributed by atoms with Crippen molar-refractivity contribution in [1.29, 1.82) is 0 Å². The van der Waals surface area contributed by atoms with Gasteiger partial charge in [0.25, 0.3) is 0 Å². The fraction of sp³-hybridized carbons (Fsp3) is 0.167. The lowest BCUT2D eigenvalue weighted by molar-refractivity contribution is 0.597. The number of rotatable bonds is 3. The summed E-state index contributed by atoms with van der Waals surface area (Å²) in [7, 11) is -3.46. The summed E-state index contributed by atoms with van der Waals surface area (Å²) in [4.78, 5) is 0. The molecule has 0 aliphatic heterocycles. The molecule has 0 fully saturated rings. The lowest BCUT2D eigenvalue weighted by Crippen LogP contribution is -2.13. The minimum absolute atomic E-state index is 0.194. The molecule has 0 aliphatic carbocycles. The van der Waals surface area contributed by atoms with Crippen LogP contribution in [-0.4, -0.2) is 18.2 Å². The predicted octanol–water partition coefficient (Wildman–Crippen LogP) is -0.228. The summed E-state index contributed by atoms with van der Waals surface area (Å²) in [6, 6.07) is 0. The molecular formula is C6H9N3O2S. The SMILES string of the molecule is C=Cn1cc(CS(N)(=O)=O)cn1. The van der Waals surface area contributed by atoms with Gasteiger partial charge in [0.1, 0.15) is 0 Å². The van der Waals surface area contributed by atoms with Gasteiger partial charge in [-0.2, -0.15) is 5.10 Å². The van der Waals surface area contributed by atoms with Crippen molar-refractivity contribution >= 4 is 16.2 Å². The van der Waals surface area contributed by atoms with Gasteiger partial charge in [0.15, 0.2) is 0 Å². The lowest BCUT2D eigenvalue weighted by atomic mass is 10.4. The van der Waals surface area contributed by atoms with E-state index in [2.05, 4.69) is 11.7 Å². The molecule has 0 unspecified atom stereocenters. The number of hydrogen-bond donors (Lipinski definition) is 1. The van der Waals surface area contributed by atoms with Crippen LogP contribution in [0.5, 0.6) is 0 Å². The van der Waals surface area contributed by atoms with Gasteiger partial charge >= 0.3 is 0 Å². The first kappa shape index (κ1) is 8.95. The minimum Gasteiger partial charge on any atom is -0.249 e. The first-order chi connectivity index (χ1) is 5.51. The molecule has 0 amide bonds. The van der Waals surface area contributed by atoms with Crippen LogP contribution < -0.4 is 5.14 Å². The van der Waals surface area contributed by atoms with E-state index in [4.69, 9.17) is 5.14 Å². The second-order valence-electron chi connectivity index (χ2n) is 2.32. The highest BCUT2D eigenvalue weighted by molar-refractivity contribution is 7.88. The maximum absolute atomic E-state index is 10.6. The van der Waals surface area contributed by atoms with Gasteiger partial charge in [0.05, 0.1) is 11.9 Å². The van der Waals surface area contributed by atoms with E-state index in [-0.39, 0.29) is 5.75 Å². The third-order valence-electron chi connectivity index (χ3n) is 1.21. The van der Waals surface area contributed by atoms with E-state index in [1.807, 2.05) is 0 Å². The van der Waals surface area contributed by atoms with Crippen LogP contribution in [0.3, 0.4) is 0 Å². The fourth-order valence-corrected chi connectivity index (χ4v) is 1.40. The summed E-state index contributed by atoms with van der Waals surface area (Å²) in [5.74, 6) is -0.194. The molecule has 6 heteroatoms. The maximum atomic E-state index is 10.6. The van der Waals surface area contributed by atoms with E-state index in [1.165, 1.54) is 17.1 Å². The molecule has 66 valence electrons. The molecule has 1 heterocycles. The zero-order valence-corrected chi connectivity index (χ0v) is 7.16. The van der Waals surface area contributed by atoms with Gasteiger partial charge in [-0.25, -0.2) is 18.2 Å². The van der Waals surface area contributed by atoms with Gasteiger partial charge in [0, 0.05) is 18.0 Å². The number of aromatic nitrogens is 2. The molecule has 0 saturated heterocycles. The molecule has 1 aromatic heterocycles. The van der Waals surface area contributed by atoms with Gasteiger partial charge in [-0.05, 0) is 0 Å². The zero-order valence-electron chi connectivity index (χ0n) is 6.34. The molecule has 12 heavy (non-hydrogen) atoms. The highest BCUT2D eigenvalue weighted by Crippen LogP contribution is 2.01. The largest absolute Gasteiger partial charge is 0.249 e. The van der Waals surface area contributed by atoms with Gasteiger partial charge in [-0.3, -0.25) is 0 Å². The summed E-state index contributed by atoms with van der Waals surface area (Å²) in [6.45, 7) is 3.46. The van der Waals surface area contributed by atoms with Crippen molar-refractivity contribution in [3.63, 3.8) is 0 Å². The van der Waals surface area contributed by atoms with Gasteiger partial charge in [-0.15, -0.1) is 0 Å². The molecule has 1 aromatic rings. The maximum Gasteiger partial charge on any atom is 0.213 e. The lowest BCUT2D eigenvalue weighted by Gasteiger charge is -1.91. The third kappa shape index (κ3) is 2.48. The molecule has 2 N–H and O–H groups in total. The Balaban J connectivity index is 2.84. The molecule has 0 atom stereocenters. The monoisotopic (exact) mass is 187 g/mol. The van der Waals surface area contributed by atoms with Crippen molar-refractivity contribution in [1.82, 2.24) is 9.78 Å². The van der Waals surface area contributed by atoms with Crippen LogP contribution in [0.2, 0.25) is 0 Å². The van der Waals surface area contributed by atoms with Crippen LogP contribution >= 0.6 is 0 Å². The summed E-state index contributed by atoms with van der Waals surface area (Å²) >= 11 is 0. The normalized spacial score (nSPS) is 11.4. The van der Waals surface area contributed by atoms with Crippen LogP contribution in [0.4, 0.5) is 0 Å². The van der Waals surface area contributed by atoms with E-state index < -0.39 is 10.0 Å². The van der Waals surface area contributed by atoms with Crippen LogP contribution in [-0.2, 0) is 15.8 Å². The van der Waals surface area contributed by atoms with E-state index in [1.54, 1.807) is 6.20 Å². The molecule has 0 spiro atoms. The molecule has 5 nitrogen and oxygen atoms in total. The van der Waals surface area contributed by atoms with Crippen molar-refractivity contribution in [3.05, 3.63) is 24.5 Å². The second-order valence-corrected chi connectivity index (χ2v) is 3.93. The van der Waals surface area contributed by atoms with Crippen LogP contribution in [0, 0.1) is 0 Å². The zero-order chi connectivity index (χ0) is 9.19. The molecule has 0 aliphatic rings. The summed E-state index contributed by atoms with van der Waals surface area (Å²) in [5.41, 5.74) is 0.553. The van der Waals surface area contributed by atoms with Crippen molar-refractivity contribution in [2.24, 2.45) is 5.14 Å². The standard InChI is InChI=1S/C6H9N3O2S/c1-2-9-4-6(3-8-9)5-12(7,10)11/h2-4H,1,5H2,(H2,7,10,11). The van der Waals surface area contributed by atoms with Gasteiger partial charge in [-0.1, -0.05) is 6.58 Å². The first-order valence-corrected chi connectivity index (χ1v) is 4.89. The summed E-state index contributed by atoms with van der Waals surface area (Å²) < 4.78 is 22.6. The average molecular weight is 187 g/mol. The smallest absolute Gasteiger partial charge is 0.213 e. The van der Waals surface area contributed by atoms with Gasteiger partial charge in [0.2, 0.25) is 10.0 Å². The first-order valence-electron chi connectivity index (χ1n) is 3.17. The highest BCUT2D eigenvalue weighted by Gasteiger charge is 2.05. The summed E-state index contributed by atoms with van der Waals surface area (Å²) in [5, 5.41) is 8.63. The van der Waals surface area contributed by atoms with E-state index in [0.717, 1.165) is 0 Å². The molecule has 0 aromatic carbocycles. The van der Waals surface area contributed by atoms with Crippen LogP contribution in [0.15, 0.2) is 19.0 Å². The Hall–Kier alpha value is -1.14. The average Bonchev–Trinajstić information content (AvgIpc) is 2.32. The molecule has 1 rings (SSSR count). The number of primary sulfonamides is 1. The van der Waals surface area contributed by atoms with Crippen LogP contribution in [0.1, 0.15) is 5.56 Å². The Morgan fingerprint density at radius 1 is 1.75 bits per heavy atom. The predicted molar refractivity (Wildman–Crippen MR) is 45.4 cm³/mol. The Morgan fingerprint density at radius 3 is 2.83 bits per heavy atom. The summed E-state index contributed by atoms with van der Waals surface area (Å²) in [6.07, 6.45) is 4.45. The van der Waals surface area contributed by atoms with Crippen molar-refractivity contribution in [2.75, 3.05) is 0 Å². The second kappa shape index (κ2) is 3.08. The Labute approximate surface area is 70.5 Å². The molecule has 0 radical (unpaired) electrons. The topological polar surface area (TPSA) is 78.0 Å². The minimum atomic E-state index is -3.46. The number of nitrogens with two attached hydrogens (primary N) is 1. The quantitative estimate of drug-likeness (QED) is 0.710. The van der Waals surface area contributed by atoms with E-state index >= 15 is 0 Å². The highest BCUT2D eigenvalue weighted by atomic mass is 32.2. The van der Waals surface area contributed by atoms with Crippen molar-refractivity contribution in [2.45, 2.75) is 5.75 Å². The van der Waals surface area contributed by atoms with E-state index in [9.17, 15) is 8.42 Å². The van der Waals surface area contributed by atoms with Crippen molar-refractivity contribution in [3.8, 4) is 0 Å². The number of nitrogens with zero attached hydrogens (tertiary/aromatic N) is 2. The Morgan fingerprint density at radius 2 is 2.42 bits per heavy atom. The van der Waals surface area contributed by atoms with Gasteiger partial charge < -0.3 is 0 Å². The number of hydrogen-bond acceptors (Lipinski definition) is 3. The number of sulfonamides is 1.